The van der Waals surface area contributed by atoms with E-state index in [4.69, 9.17) is 4.74 Å². The van der Waals surface area contributed by atoms with Gasteiger partial charge < -0.3 is 9.84 Å². The lowest BCUT2D eigenvalue weighted by molar-refractivity contribution is -0.150. The number of ether oxygens (including phenoxy) is 1. The van der Waals surface area contributed by atoms with E-state index in [9.17, 15) is 14.7 Å². The van der Waals surface area contributed by atoms with E-state index >= 15 is 0 Å². The summed E-state index contributed by atoms with van der Waals surface area (Å²) in [6.07, 6.45) is 8.35. The quantitative estimate of drug-likeness (QED) is 0.585. The second-order valence-electron chi connectivity index (χ2n) is 10.1. The third kappa shape index (κ3) is 2.73. The minimum absolute atomic E-state index is 0.143. The molecule has 0 aromatic carbocycles. The van der Waals surface area contributed by atoms with Crippen molar-refractivity contribution in [3.63, 3.8) is 0 Å². The Morgan fingerprint density at radius 1 is 1.11 bits per heavy atom. The highest BCUT2D eigenvalue weighted by Crippen LogP contribution is 2.66. The second-order valence-corrected chi connectivity index (χ2v) is 10.1. The molecule has 3 fully saturated rings. The van der Waals surface area contributed by atoms with Gasteiger partial charge in [-0.25, -0.2) is 0 Å². The first-order valence-corrected chi connectivity index (χ1v) is 10.7. The Morgan fingerprint density at radius 2 is 1.85 bits per heavy atom. The van der Waals surface area contributed by atoms with Crippen LogP contribution in [0.25, 0.3) is 0 Å². The molecule has 4 aliphatic carbocycles. The number of Topliss-reactive ketones (excluding diaryl/α,β-unsaturated/α-hetero) is 1. The molecule has 4 nitrogen and oxygen atoms in total. The lowest BCUT2D eigenvalue weighted by Gasteiger charge is -2.59. The fourth-order valence-electron chi connectivity index (χ4n) is 7.71. The molecule has 2 unspecified atom stereocenters. The van der Waals surface area contributed by atoms with Gasteiger partial charge in [0.1, 0.15) is 11.9 Å². The molecular formula is C23H34O4. The number of ketones is 1. The first-order valence-electron chi connectivity index (χ1n) is 10.7. The molecule has 4 heteroatoms. The van der Waals surface area contributed by atoms with Crippen molar-refractivity contribution < 1.29 is 19.4 Å². The maximum absolute atomic E-state index is 12.2. The van der Waals surface area contributed by atoms with Crippen molar-refractivity contribution in [2.45, 2.75) is 84.8 Å². The predicted molar refractivity (Wildman–Crippen MR) is 103 cm³/mol. The van der Waals surface area contributed by atoms with Crippen molar-refractivity contribution in [2.24, 2.45) is 34.5 Å². The van der Waals surface area contributed by atoms with Crippen LogP contribution in [-0.4, -0.2) is 29.1 Å². The Bertz CT molecular complexity index is 682. The average Bonchev–Trinajstić information content (AvgIpc) is 2.93. The van der Waals surface area contributed by atoms with Crippen molar-refractivity contribution >= 4 is 11.8 Å². The van der Waals surface area contributed by atoms with Crippen LogP contribution in [0.1, 0.15) is 72.6 Å². The van der Waals surface area contributed by atoms with Crippen molar-refractivity contribution in [3.05, 3.63) is 11.6 Å². The summed E-state index contributed by atoms with van der Waals surface area (Å²) in [6, 6.07) is 0. The molecule has 4 aliphatic rings. The van der Waals surface area contributed by atoms with Crippen molar-refractivity contribution in [1.29, 1.82) is 0 Å². The van der Waals surface area contributed by atoms with Crippen LogP contribution in [0.15, 0.2) is 11.6 Å². The molecule has 0 aliphatic heterocycles. The van der Waals surface area contributed by atoms with Gasteiger partial charge in [0.05, 0.1) is 6.10 Å². The second kappa shape index (κ2) is 6.43. The summed E-state index contributed by atoms with van der Waals surface area (Å²) in [5.41, 5.74) is 1.22. The average molecular weight is 375 g/mol. The third-order valence-corrected chi connectivity index (χ3v) is 8.99. The van der Waals surface area contributed by atoms with Crippen LogP contribution in [-0.2, 0) is 14.3 Å². The minimum Gasteiger partial charge on any atom is -0.458 e. The third-order valence-electron chi connectivity index (χ3n) is 8.99. The normalized spacial score (nSPS) is 48.7. The largest absolute Gasteiger partial charge is 0.458 e. The van der Waals surface area contributed by atoms with E-state index < -0.39 is 6.10 Å². The summed E-state index contributed by atoms with van der Waals surface area (Å²) in [6.45, 7) is 7.80. The van der Waals surface area contributed by atoms with E-state index in [0.717, 1.165) is 38.5 Å². The van der Waals surface area contributed by atoms with E-state index in [1.54, 1.807) is 6.92 Å². The Balaban J connectivity index is 1.64. The van der Waals surface area contributed by atoms with Crippen LogP contribution >= 0.6 is 0 Å². The topological polar surface area (TPSA) is 63.6 Å². The molecule has 4 rings (SSSR count). The number of carbonyl (C=O) groups excluding carboxylic acids is 2. The van der Waals surface area contributed by atoms with Gasteiger partial charge in [0.15, 0.2) is 0 Å². The van der Waals surface area contributed by atoms with Gasteiger partial charge in [0.25, 0.3) is 0 Å². The van der Waals surface area contributed by atoms with Crippen LogP contribution in [0.2, 0.25) is 0 Å². The Kier molecular flexibility index (Phi) is 4.57. The Hall–Kier alpha value is -1.16. The van der Waals surface area contributed by atoms with Gasteiger partial charge in [-0.2, -0.15) is 0 Å². The molecule has 0 amide bonds. The summed E-state index contributed by atoms with van der Waals surface area (Å²) < 4.78 is 5.40. The zero-order chi connectivity index (χ0) is 19.6. The number of rotatable bonds is 2. The number of esters is 1. The Labute approximate surface area is 162 Å². The number of aliphatic hydroxyl groups excluding tert-OH is 1. The molecule has 1 N–H and O–H groups in total. The Morgan fingerprint density at radius 3 is 2.52 bits per heavy atom. The molecule has 150 valence electrons. The molecular weight excluding hydrogens is 340 g/mol. The molecule has 0 saturated heterocycles. The van der Waals surface area contributed by atoms with Crippen molar-refractivity contribution in [1.82, 2.24) is 0 Å². The lowest BCUT2D eigenvalue weighted by atomic mass is 9.46. The zero-order valence-corrected chi connectivity index (χ0v) is 17.2. The summed E-state index contributed by atoms with van der Waals surface area (Å²) in [4.78, 5) is 23.6. The fourth-order valence-corrected chi connectivity index (χ4v) is 7.71. The maximum Gasteiger partial charge on any atom is 0.303 e. The minimum atomic E-state index is -0.469. The zero-order valence-electron chi connectivity index (χ0n) is 17.2. The summed E-state index contributed by atoms with van der Waals surface area (Å²) >= 11 is 0. The van der Waals surface area contributed by atoms with Crippen molar-refractivity contribution in [3.8, 4) is 0 Å². The number of carbonyl (C=O) groups is 2. The first-order chi connectivity index (χ1) is 12.7. The van der Waals surface area contributed by atoms with Crippen LogP contribution < -0.4 is 0 Å². The molecule has 0 bridgehead atoms. The van der Waals surface area contributed by atoms with Gasteiger partial charge in [0, 0.05) is 24.7 Å². The summed E-state index contributed by atoms with van der Waals surface area (Å²) in [5, 5.41) is 11.1. The molecule has 0 radical (unpaired) electrons. The van der Waals surface area contributed by atoms with E-state index in [1.165, 1.54) is 12.5 Å². The maximum atomic E-state index is 12.2. The van der Waals surface area contributed by atoms with Crippen LogP contribution in [0, 0.1) is 34.5 Å². The molecule has 27 heavy (non-hydrogen) atoms. The first kappa shape index (κ1) is 19.2. The lowest BCUT2D eigenvalue weighted by Crippen LogP contribution is -2.56. The van der Waals surface area contributed by atoms with Gasteiger partial charge in [-0.3, -0.25) is 9.59 Å². The van der Waals surface area contributed by atoms with Gasteiger partial charge >= 0.3 is 5.97 Å². The number of fused-ring (bicyclic) bond motifs is 5. The molecule has 0 aromatic heterocycles. The molecule has 0 heterocycles. The number of hydrogen-bond acceptors (Lipinski definition) is 4. The number of aliphatic hydroxyl groups is 1. The van der Waals surface area contributed by atoms with Crippen LogP contribution in [0.3, 0.4) is 0 Å². The van der Waals surface area contributed by atoms with E-state index in [1.807, 2.05) is 0 Å². The molecule has 3 saturated carbocycles. The van der Waals surface area contributed by atoms with Crippen LogP contribution in [0.5, 0.6) is 0 Å². The highest BCUT2D eigenvalue weighted by atomic mass is 16.5. The standard InChI is InChI=1S/C23H34O4/c1-13(24)18-7-8-19-17-6-5-15-11-16(27-14(2)25)12-21(26)23(15,4)20(17)9-10-22(18,19)3/h11,16-21,26H,5-10,12H2,1-4H3/t16?,17-,18+,19-,20-,21?,22+,23-/m0/s1. The van der Waals surface area contributed by atoms with Crippen LogP contribution in [0.4, 0.5) is 0 Å². The molecule has 8 atom stereocenters. The summed E-state index contributed by atoms with van der Waals surface area (Å²) in [5.74, 6) is 1.96. The smallest absolute Gasteiger partial charge is 0.303 e. The summed E-state index contributed by atoms with van der Waals surface area (Å²) in [7, 11) is 0. The van der Waals surface area contributed by atoms with E-state index in [-0.39, 0.29) is 28.8 Å². The van der Waals surface area contributed by atoms with Gasteiger partial charge in [0.2, 0.25) is 0 Å². The predicted octanol–water partition coefficient (Wildman–Crippen LogP) is 4.06. The van der Waals surface area contributed by atoms with E-state index in [2.05, 4.69) is 19.9 Å². The SMILES string of the molecule is CC(=O)OC1C=C2CC[C@H]3[C@@H]4CC[C@H](C(C)=O)[C@@]4(C)CC[C@@H]3[C@@]2(C)C(O)C1. The highest BCUT2D eigenvalue weighted by Gasteiger charge is 2.61. The highest BCUT2D eigenvalue weighted by molar-refractivity contribution is 5.79. The van der Waals surface area contributed by atoms with E-state index in [0.29, 0.717) is 30.0 Å². The van der Waals surface area contributed by atoms with Gasteiger partial charge in [-0.05, 0) is 74.7 Å². The molecule has 0 aromatic rings. The fraction of sp³-hybridized carbons (Fsp3) is 0.826. The van der Waals surface area contributed by atoms with Gasteiger partial charge in [-0.15, -0.1) is 0 Å². The number of hydrogen-bond donors (Lipinski definition) is 1. The monoisotopic (exact) mass is 374 g/mol. The molecule has 0 spiro atoms. The van der Waals surface area contributed by atoms with Crippen molar-refractivity contribution in [2.75, 3.05) is 0 Å². The van der Waals surface area contributed by atoms with Gasteiger partial charge in [-0.1, -0.05) is 19.4 Å².